The number of hydrogen-bond acceptors (Lipinski definition) is 6. The van der Waals surface area contributed by atoms with Gasteiger partial charge in [0.15, 0.2) is 9.84 Å². The maximum atomic E-state index is 11.6. The van der Waals surface area contributed by atoms with E-state index >= 15 is 0 Å². The molecule has 0 aliphatic carbocycles. The fourth-order valence-electron chi connectivity index (χ4n) is 3.03. The van der Waals surface area contributed by atoms with E-state index in [4.69, 9.17) is 4.52 Å². The lowest BCUT2D eigenvalue weighted by Crippen LogP contribution is -2.21. The number of sulfone groups is 1. The first-order valence-electron chi connectivity index (χ1n) is 7.64. The van der Waals surface area contributed by atoms with Crippen LogP contribution in [0.2, 0.25) is 0 Å². The number of nitrogens with zero attached hydrogens (tertiary/aromatic N) is 1. The molecule has 1 atom stereocenters. The predicted octanol–water partition coefficient (Wildman–Crippen LogP) is 2.13. The Morgan fingerprint density at radius 2 is 2.08 bits per heavy atom. The van der Waals surface area contributed by atoms with Gasteiger partial charge in [0.1, 0.15) is 5.76 Å². The second-order valence-corrected chi connectivity index (χ2v) is 8.19. The Hall–Kier alpha value is -2.35. The van der Waals surface area contributed by atoms with E-state index in [2.05, 4.69) is 15.8 Å². The maximum Gasteiger partial charge on any atom is 0.211 e. The van der Waals surface area contributed by atoms with Crippen molar-refractivity contribution in [2.75, 3.05) is 22.1 Å². The molecular formula is C16H19N3O4S. The number of carbonyl (C=O) groups is 1. The highest BCUT2D eigenvalue weighted by Crippen LogP contribution is 2.33. The number of hydrogen-bond donors (Lipinski definition) is 2. The number of benzene rings is 1. The Kier molecular flexibility index (Phi) is 4.31. The number of aryl methyl sites for hydroxylation is 2. The molecule has 3 rings (SSSR count). The normalized spacial score (nSPS) is 19.2. The van der Waals surface area contributed by atoms with Crippen molar-refractivity contribution in [3.05, 3.63) is 29.7 Å². The third kappa shape index (κ3) is 3.28. The van der Waals surface area contributed by atoms with Gasteiger partial charge >= 0.3 is 0 Å². The molecule has 1 aliphatic heterocycles. The van der Waals surface area contributed by atoms with E-state index < -0.39 is 9.84 Å². The number of nitrogens with one attached hydrogen (secondary N) is 2. The van der Waals surface area contributed by atoms with E-state index in [1.54, 1.807) is 0 Å². The number of anilines is 2. The summed E-state index contributed by atoms with van der Waals surface area (Å²) in [6.45, 7) is 3.69. The average Bonchev–Trinajstić information content (AvgIpc) is 3.03. The molecule has 0 saturated carbocycles. The van der Waals surface area contributed by atoms with Gasteiger partial charge in [-0.25, -0.2) is 8.42 Å². The predicted molar refractivity (Wildman–Crippen MR) is 91.8 cm³/mol. The first-order valence-corrected chi connectivity index (χ1v) is 9.46. The molecule has 1 aromatic carbocycles. The van der Waals surface area contributed by atoms with Crippen LogP contribution in [0.3, 0.4) is 0 Å². The molecule has 1 unspecified atom stereocenters. The Bertz CT molecular complexity index is 854. The van der Waals surface area contributed by atoms with Crippen LogP contribution in [-0.2, 0) is 14.6 Å². The van der Waals surface area contributed by atoms with Crippen molar-refractivity contribution in [1.82, 2.24) is 5.16 Å². The average molecular weight is 349 g/mol. The molecule has 2 aromatic rings. The van der Waals surface area contributed by atoms with Gasteiger partial charge in [-0.3, -0.25) is 4.79 Å². The van der Waals surface area contributed by atoms with Crippen LogP contribution >= 0.6 is 0 Å². The summed E-state index contributed by atoms with van der Waals surface area (Å²) in [5.41, 5.74) is 3.82. The van der Waals surface area contributed by atoms with Crippen molar-refractivity contribution in [3.8, 4) is 11.1 Å². The molecule has 0 bridgehead atoms. The summed E-state index contributed by atoms with van der Waals surface area (Å²) in [7, 11) is -2.97. The minimum atomic E-state index is -2.97. The monoisotopic (exact) mass is 349 g/mol. The van der Waals surface area contributed by atoms with Crippen molar-refractivity contribution >= 4 is 27.6 Å². The fourth-order valence-corrected chi connectivity index (χ4v) is 4.71. The summed E-state index contributed by atoms with van der Waals surface area (Å²) in [5, 5.41) is 9.82. The lowest BCUT2D eigenvalue weighted by atomic mass is 10.0. The van der Waals surface area contributed by atoms with E-state index in [0.29, 0.717) is 30.0 Å². The number of carbonyl (C=O) groups excluding carboxylic acids is 1. The van der Waals surface area contributed by atoms with Gasteiger partial charge in [0.25, 0.3) is 0 Å². The van der Waals surface area contributed by atoms with Crippen LogP contribution in [0.5, 0.6) is 0 Å². The van der Waals surface area contributed by atoms with Gasteiger partial charge in [-0.05, 0) is 38.0 Å². The minimum Gasteiger partial charge on any atom is -0.380 e. The first-order chi connectivity index (χ1) is 11.4. The van der Waals surface area contributed by atoms with Crippen molar-refractivity contribution in [2.24, 2.45) is 0 Å². The Labute approximate surface area is 140 Å². The molecule has 128 valence electrons. The standard InChI is InChI=1S/C16H19N3O4S/c1-10-16(11(2)23-19-10)12-3-4-14(15(7-12)17-9-20)18-13-5-6-24(21,22)8-13/h3-4,7,9,13,18H,5-6,8H2,1-2H3,(H,17,20). The van der Waals surface area contributed by atoms with Crippen LogP contribution in [0.4, 0.5) is 11.4 Å². The summed E-state index contributed by atoms with van der Waals surface area (Å²) in [6.07, 6.45) is 1.16. The number of amides is 1. The van der Waals surface area contributed by atoms with Crippen LogP contribution in [0.15, 0.2) is 22.7 Å². The lowest BCUT2D eigenvalue weighted by molar-refractivity contribution is -0.105. The van der Waals surface area contributed by atoms with Crippen LogP contribution in [0.25, 0.3) is 11.1 Å². The highest BCUT2D eigenvalue weighted by molar-refractivity contribution is 7.91. The third-order valence-corrected chi connectivity index (χ3v) is 5.92. The molecule has 1 aromatic heterocycles. The first kappa shape index (κ1) is 16.5. The van der Waals surface area contributed by atoms with E-state index in [-0.39, 0.29) is 17.5 Å². The quantitative estimate of drug-likeness (QED) is 0.802. The van der Waals surface area contributed by atoms with E-state index in [1.165, 1.54) is 0 Å². The largest absolute Gasteiger partial charge is 0.380 e. The molecule has 1 aliphatic rings. The Morgan fingerprint density at radius 1 is 1.29 bits per heavy atom. The van der Waals surface area contributed by atoms with Crippen LogP contribution in [-0.4, -0.2) is 37.5 Å². The topological polar surface area (TPSA) is 101 Å². The second-order valence-electron chi connectivity index (χ2n) is 5.97. The van der Waals surface area contributed by atoms with Gasteiger partial charge in [-0.1, -0.05) is 11.2 Å². The molecule has 1 amide bonds. The van der Waals surface area contributed by atoms with E-state index in [1.807, 2.05) is 32.0 Å². The molecule has 8 heteroatoms. The highest BCUT2D eigenvalue weighted by Gasteiger charge is 2.28. The third-order valence-electron chi connectivity index (χ3n) is 4.15. The summed E-state index contributed by atoms with van der Waals surface area (Å²) in [4.78, 5) is 10.9. The van der Waals surface area contributed by atoms with Gasteiger partial charge in [0.2, 0.25) is 6.41 Å². The van der Waals surface area contributed by atoms with Crippen molar-refractivity contribution in [2.45, 2.75) is 26.3 Å². The molecule has 2 N–H and O–H groups in total. The Morgan fingerprint density at radius 3 is 2.67 bits per heavy atom. The zero-order valence-electron chi connectivity index (χ0n) is 13.5. The van der Waals surface area contributed by atoms with Crippen LogP contribution in [0, 0.1) is 13.8 Å². The van der Waals surface area contributed by atoms with E-state index in [9.17, 15) is 13.2 Å². The molecule has 1 saturated heterocycles. The summed E-state index contributed by atoms with van der Waals surface area (Å²) >= 11 is 0. The molecular weight excluding hydrogens is 330 g/mol. The minimum absolute atomic E-state index is 0.110. The maximum absolute atomic E-state index is 11.6. The smallest absolute Gasteiger partial charge is 0.211 e. The summed E-state index contributed by atoms with van der Waals surface area (Å²) in [5.74, 6) is 1.00. The molecule has 0 spiro atoms. The zero-order chi connectivity index (χ0) is 17.3. The second kappa shape index (κ2) is 6.27. The van der Waals surface area contributed by atoms with Crippen molar-refractivity contribution in [3.63, 3.8) is 0 Å². The molecule has 1 fully saturated rings. The van der Waals surface area contributed by atoms with Gasteiger partial charge < -0.3 is 15.2 Å². The van der Waals surface area contributed by atoms with Crippen molar-refractivity contribution in [1.29, 1.82) is 0 Å². The van der Waals surface area contributed by atoms with Gasteiger partial charge in [0.05, 0.1) is 28.6 Å². The number of rotatable bonds is 5. The van der Waals surface area contributed by atoms with Gasteiger partial charge in [-0.15, -0.1) is 0 Å². The molecule has 2 heterocycles. The van der Waals surface area contributed by atoms with Crippen LogP contribution in [0.1, 0.15) is 17.9 Å². The Balaban J connectivity index is 1.92. The highest BCUT2D eigenvalue weighted by atomic mass is 32.2. The fraction of sp³-hybridized carbons (Fsp3) is 0.375. The zero-order valence-corrected chi connectivity index (χ0v) is 14.3. The number of aromatic nitrogens is 1. The SMILES string of the molecule is Cc1noc(C)c1-c1ccc(NC2CCS(=O)(=O)C2)c(NC=O)c1. The molecule has 0 radical (unpaired) electrons. The van der Waals surface area contributed by atoms with Gasteiger partial charge in [-0.2, -0.15) is 0 Å². The summed E-state index contributed by atoms with van der Waals surface area (Å²) in [6, 6.07) is 5.41. The van der Waals surface area contributed by atoms with Crippen molar-refractivity contribution < 1.29 is 17.7 Å². The lowest BCUT2D eigenvalue weighted by Gasteiger charge is -2.17. The van der Waals surface area contributed by atoms with E-state index in [0.717, 1.165) is 16.8 Å². The molecule has 7 nitrogen and oxygen atoms in total. The summed E-state index contributed by atoms with van der Waals surface area (Å²) < 4.78 is 28.4. The van der Waals surface area contributed by atoms with Gasteiger partial charge in [0, 0.05) is 11.6 Å². The van der Waals surface area contributed by atoms with Crippen LogP contribution < -0.4 is 10.6 Å². The molecule has 24 heavy (non-hydrogen) atoms.